The van der Waals surface area contributed by atoms with Gasteiger partial charge in [0.05, 0.1) is 12.6 Å². The van der Waals surface area contributed by atoms with E-state index in [1.807, 2.05) is 11.9 Å². The van der Waals surface area contributed by atoms with Gasteiger partial charge in [-0.25, -0.2) is 4.39 Å². The number of aryl methyl sites for hydroxylation is 1. The first kappa shape index (κ1) is 13.0. The lowest BCUT2D eigenvalue weighted by atomic mass is 10.1. The topological polar surface area (TPSA) is 27.0 Å². The fraction of sp³-hybridized carbons (Fsp3) is 0.417. The second-order valence-corrected chi connectivity index (χ2v) is 4.25. The first-order chi connectivity index (χ1) is 7.54. The van der Waals surface area contributed by atoms with Gasteiger partial charge in [-0.15, -0.1) is 0 Å². The van der Waals surface area contributed by atoms with E-state index >= 15 is 0 Å². The fourth-order valence-corrected chi connectivity index (χ4v) is 1.70. The predicted molar refractivity (Wildman–Crippen MR) is 63.0 cm³/mol. The van der Waals surface area contributed by atoms with Crippen molar-refractivity contribution < 1.29 is 4.39 Å². The largest absolute Gasteiger partial charge is 0.293 e. The average molecular weight is 241 g/mol. The second kappa shape index (κ2) is 5.83. The minimum absolute atomic E-state index is 0.234. The minimum atomic E-state index is -0.234. The third-order valence-electron chi connectivity index (χ3n) is 2.43. The molecule has 0 bridgehead atoms. The van der Waals surface area contributed by atoms with Crippen molar-refractivity contribution in [2.45, 2.75) is 13.3 Å². The molecule has 1 aromatic carbocycles. The van der Waals surface area contributed by atoms with Crippen LogP contribution in [0.3, 0.4) is 0 Å². The molecule has 4 heteroatoms. The molecule has 0 amide bonds. The van der Waals surface area contributed by atoms with Crippen molar-refractivity contribution in [2.24, 2.45) is 0 Å². The minimum Gasteiger partial charge on any atom is -0.293 e. The van der Waals surface area contributed by atoms with Crippen molar-refractivity contribution >= 4 is 11.6 Å². The van der Waals surface area contributed by atoms with E-state index in [2.05, 4.69) is 6.07 Å². The Labute approximate surface area is 100 Å². The van der Waals surface area contributed by atoms with Gasteiger partial charge in [0.1, 0.15) is 5.82 Å². The Hall–Kier alpha value is -1.11. The molecule has 0 aliphatic carbocycles. The van der Waals surface area contributed by atoms with Crippen molar-refractivity contribution in [1.82, 2.24) is 4.90 Å². The molecule has 0 unspecified atom stereocenters. The van der Waals surface area contributed by atoms with E-state index in [-0.39, 0.29) is 5.82 Å². The first-order valence-corrected chi connectivity index (χ1v) is 5.42. The maximum atomic E-state index is 13.3. The first-order valence-electron chi connectivity index (χ1n) is 5.04. The standard InChI is InChI=1S/C12H14ClFN2/c1-9-7-11(13)10(8-12(9)14)3-5-16(2)6-4-15/h7-8H,3,5-6H2,1-2H3. The van der Waals surface area contributed by atoms with Gasteiger partial charge in [0.25, 0.3) is 0 Å². The van der Waals surface area contributed by atoms with Gasteiger partial charge < -0.3 is 0 Å². The highest BCUT2D eigenvalue weighted by atomic mass is 35.5. The summed E-state index contributed by atoms with van der Waals surface area (Å²) in [5.41, 5.74) is 1.34. The predicted octanol–water partition coefficient (Wildman–Crippen LogP) is 2.79. The van der Waals surface area contributed by atoms with Crippen LogP contribution in [0.4, 0.5) is 4.39 Å². The zero-order chi connectivity index (χ0) is 12.1. The quantitative estimate of drug-likeness (QED) is 0.757. The lowest BCUT2D eigenvalue weighted by molar-refractivity contribution is 0.379. The molecule has 1 rings (SSSR count). The molecule has 0 aromatic heterocycles. The number of hydrogen-bond donors (Lipinski definition) is 0. The zero-order valence-electron chi connectivity index (χ0n) is 9.43. The number of hydrogen-bond acceptors (Lipinski definition) is 2. The van der Waals surface area contributed by atoms with Crippen LogP contribution in [0.5, 0.6) is 0 Å². The van der Waals surface area contributed by atoms with Crippen LogP contribution >= 0.6 is 11.6 Å². The summed E-state index contributed by atoms with van der Waals surface area (Å²) in [6.07, 6.45) is 0.647. The van der Waals surface area contributed by atoms with E-state index in [1.165, 1.54) is 6.07 Å². The molecule has 16 heavy (non-hydrogen) atoms. The zero-order valence-corrected chi connectivity index (χ0v) is 10.2. The lowest BCUT2D eigenvalue weighted by Gasteiger charge is -2.13. The third-order valence-corrected chi connectivity index (χ3v) is 2.78. The molecule has 0 radical (unpaired) electrons. The fourth-order valence-electron chi connectivity index (χ4n) is 1.39. The van der Waals surface area contributed by atoms with Crippen molar-refractivity contribution in [3.8, 4) is 6.07 Å². The summed E-state index contributed by atoms with van der Waals surface area (Å²) in [7, 11) is 1.85. The van der Waals surface area contributed by atoms with Crippen LogP contribution in [0.15, 0.2) is 12.1 Å². The van der Waals surface area contributed by atoms with E-state index in [1.54, 1.807) is 13.0 Å². The van der Waals surface area contributed by atoms with Crippen LogP contribution in [0.25, 0.3) is 0 Å². The van der Waals surface area contributed by atoms with Gasteiger partial charge >= 0.3 is 0 Å². The Kier molecular flexibility index (Phi) is 4.72. The molecule has 0 saturated heterocycles. The highest BCUT2D eigenvalue weighted by Crippen LogP contribution is 2.20. The third kappa shape index (κ3) is 3.48. The van der Waals surface area contributed by atoms with E-state index in [4.69, 9.17) is 16.9 Å². The Bertz CT molecular complexity index is 412. The molecule has 2 nitrogen and oxygen atoms in total. The molecule has 0 spiro atoms. The molecule has 0 heterocycles. The van der Waals surface area contributed by atoms with Crippen LogP contribution < -0.4 is 0 Å². The summed E-state index contributed by atoms with van der Waals surface area (Å²) in [6.45, 7) is 2.74. The molecule has 86 valence electrons. The molecule has 1 aromatic rings. The van der Waals surface area contributed by atoms with E-state index < -0.39 is 0 Å². The van der Waals surface area contributed by atoms with Gasteiger partial charge in [0.15, 0.2) is 0 Å². The molecule has 0 atom stereocenters. The molecule has 0 aliphatic heterocycles. The van der Waals surface area contributed by atoms with Crippen LogP contribution in [0.2, 0.25) is 5.02 Å². The number of nitriles is 1. The summed E-state index contributed by atoms with van der Waals surface area (Å²) in [6, 6.07) is 5.16. The molecular formula is C12H14ClFN2. The van der Waals surface area contributed by atoms with Gasteiger partial charge in [-0.3, -0.25) is 4.90 Å². The Morgan fingerprint density at radius 1 is 1.50 bits per heavy atom. The summed E-state index contributed by atoms with van der Waals surface area (Å²) in [4.78, 5) is 1.87. The highest BCUT2D eigenvalue weighted by Gasteiger charge is 2.06. The maximum Gasteiger partial charge on any atom is 0.126 e. The lowest BCUT2D eigenvalue weighted by Crippen LogP contribution is -2.21. The smallest absolute Gasteiger partial charge is 0.126 e. The van der Waals surface area contributed by atoms with Gasteiger partial charge in [-0.05, 0) is 43.7 Å². The molecule has 0 N–H and O–H groups in total. The normalized spacial score (nSPS) is 10.5. The maximum absolute atomic E-state index is 13.3. The Balaban J connectivity index is 2.68. The molecule has 0 fully saturated rings. The number of likely N-dealkylation sites (N-methyl/N-ethyl adjacent to an activating group) is 1. The number of rotatable bonds is 4. The number of halogens is 2. The summed E-state index contributed by atoms with van der Waals surface area (Å²) >= 11 is 6.01. The number of nitrogens with zero attached hydrogens (tertiary/aromatic N) is 2. The summed E-state index contributed by atoms with van der Waals surface area (Å²) in [5.74, 6) is -0.234. The highest BCUT2D eigenvalue weighted by molar-refractivity contribution is 6.31. The van der Waals surface area contributed by atoms with Gasteiger partial charge in [-0.2, -0.15) is 5.26 Å². The van der Waals surface area contributed by atoms with E-state index in [0.29, 0.717) is 30.1 Å². The molecule has 0 aliphatic rings. The molecule has 0 saturated carbocycles. The summed E-state index contributed by atoms with van der Waals surface area (Å²) in [5, 5.41) is 9.08. The van der Waals surface area contributed by atoms with Crippen molar-refractivity contribution in [3.05, 3.63) is 34.1 Å². The average Bonchev–Trinajstić information content (AvgIpc) is 2.22. The Morgan fingerprint density at radius 2 is 2.19 bits per heavy atom. The van der Waals surface area contributed by atoms with Crippen molar-refractivity contribution in [3.63, 3.8) is 0 Å². The monoisotopic (exact) mass is 240 g/mol. The number of benzene rings is 1. The Morgan fingerprint density at radius 3 is 2.81 bits per heavy atom. The summed E-state index contributed by atoms with van der Waals surface area (Å²) < 4.78 is 13.3. The van der Waals surface area contributed by atoms with Crippen LogP contribution in [-0.4, -0.2) is 25.0 Å². The second-order valence-electron chi connectivity index (χ2n) is 3.84. The van der Waals surface area contributed by atoms with Gasteiger partial charge in [0, 0.05) is 11.6 Å². The van der Waals surface area contributed by atoms with Crippen molar-refractivity contribution in [1.29, 1.82) is 5.26 Å². The SMILES string of the molecule is Cc1cc(Cl)c(CCN(C)CC#N)cc1F. The van der Waals surface area contributed by atoms with Gasteiger partial charge in [-0.1, -0.05) is 11.6 Å². The van der Waals surface area contributed by atoms with Crippen molar-refractivity contribution in [2.75, 3.05) is 20.1 Å². The molecular weight excluding hydrogens is 227 g/mol. The van der Waals surface area contributed by atoms with E-state index in [9.17, 15) is 4.39 Å². The van der Waals surface area contributed by atoms with Gasteiger partial charge in [0.2, 0.25) is 0 Å². The van der Waals surface area contributed by atoms with Crippen LogP contribution in [-0.2, 0) is 6.42 Å². The van der Waals surface area contributed by atoms with Crippen LogP contribution in [0.1, 0.15) is 11.1 Å². The van der Waals surface area contributed by atoms with Crippen LogP contribution in [0, 0.1) is 24.1 Å². The van der Waals surface area contributed by atoms with E-state index in [0.717, 1.165) is 5.56 Å².